The van der Waals surface area contributed by atoms with E-state index in [-0.39, 0.29) is 0 Å². The Balaban J connectivity index is 1.72. The van der Waals surface area contributed by atoms with Gasteiger partial charge in [0.05, 0.1) is 11.9 Å². The average molecular weight is 300 g/mol. The zero-order chi connectivity index (χ0) is 14.5. The van der Waals surface area contributed by atoms with Crippen LogP contribution in [0.3, 0.4) is 0 Å². The molecule has 0 amide bonds. The minimum absolute atomic E-state index is 0.833. The molecule has 0 radical (unpaired) electrons. The Morgan fingerprint density at radius 2 is 2.05 bits per heavy atom. The minimum atomic E-state index is 0.833. The summed E-state index contributed by atoms with van der Waals surface area (Å²) in [5.74, 6) is 0. The fraction of sp³-hybridized carbons (Fsp3) is 0.375. The normalized spacial score (nSPS) is 15.6. The maximum Gasteiger partial charge on any atom is 0.203 e. The number of piperidine rings is 1. The number of aromatic nitrogens is 1. The predicted molar refractivity (Wildman–Crippen MR) is 90.6 cm³/mol. The number of rotatable bonds is 4. The molecular weight excluding hydrogens is 280 g/mol. The van der Waals surface area contributed by atoms with E-state index in [2.05, 4.69) is 44.7 Å². The van der Waals surface area contributed by atoms with Gasteiger partial charge in [-0.2, -0.15) is 5.10 Å². The molecule has 0 aliphatic carbocycles. The van der Waals surface area contributed by atoms with Gasteiger partial charge in [-0.3, -0.25) is 5.43 Å². The molecule has 0 bridgehead atoms. The number of benzene rings is 1. The molecule has 1 N–H and O–H groups in total. The molecule has 5 heteroatoms. The fourth-order valence-corrected chi connectivity index (χ4v) is 3.22. The van der Waals surface area contributed by atoms with Gasteiger partial charge < -0.3 is 4.90 Å². The van der Waals surface area contributed by atoms with Crippen LogP contribution in [0.1, 0.15) is 30.5 Å². The lowest BCUT2D eigenvalue weighted by atomic mass is 10.1. The quantitative estimate of drug-likeness (QED) is 0.688. The third kappa shape index (κ3) is 3.61. The summed E-state index contributed by atoms with van der Waals surface area (Å²) < 4.78 is 0. The number of nitrogens with zero attached hydrogens (tertiary/aromatic N) is 3. The lowest BCUT2D eigenvalue weighted by Crippen LogP contribution is -2.30. The lowest BCUT2D eigenvalue weighted by molar-refractivity contribution is 0.578. The molecule has 4 nitrogen and oxygen atoms in total. The highest BCUT2D eigenvalue weighted by Crippen LogP contribution is 2.23. The summed E-state index contributed by atoms with van der Waals surface area (Å²) in [7, 11) is 0. The number of hydrogen-bond donors (Lipinski definition) is 1. The van der Waals surface area contributed by atoms with Crippen molar-refractivity contribution < 1.29 is 0 Å². The van der Waals surface area contributed by atoms with E-state index in [9.17, 15) is 0 Å². The molecule has 1 aliphatic rings. The summed E-state index contributed by atoms with van der Waals surface area (Å²) in [6, 6.07) is 8.45. The molecule has 1 saturated heterocycles. The Hall–Kier alpha value is -1.88. The van der Waals surface area contributed by atoms with Crippen molar-refractivity contribution >= 4 is 28.4 Å². The van der Waals surface area contributed by atoms with Crippen molar-refractivity contribution in [3.63, 3.8) is 0 Å². The number of para-hydroxylation sites is 1. The van der Waals surface area contributed by atoms with Crippen molar-refractivity contribution in [3.8, 4) is 0 Å². The Morgan fingerprint density at radius 1 is 1.24 bits per heavy atom. The van der Waals surface area contributed by atoms with Crippen LogP contribution in [0.5, 0.6) is 0 Å². The number of hydrogen-bond acceptors (Lipinski definition) is 5. The second kappa shape index (κ2) is 6.72. The first-order valence-corrected chi connectivity index (χ1v) is 8.26. The van der Waals surface area contributed by atoms with Crippen molar-refractivity contribution in [1.29, 1.82) is 0 Å². The van der Waals surface area contributed by atoms with E-state index < -0.39 is 0 Å². The van der Waals surface area contributed by atoms with Gasteiger partial charge in [0.2, 0.25) is 5.13 Å². The van der Waals surface area contributed by atoms with Gasteiger partial charge in [0.1, 0.15) is 0 Å². The number of hydrazone groups is 1. The Morgan fingerprint density at radius 3 is 2.81 bits per heavy atom. The zero-order valence-electron chi connectivity index (χ0n) is 12.2. The van der Waals surface area contributed by atoms with Crippen LogP contribution in [0.25, 0.3) is 0 Å². The molecule has 0 unspecified atom stereocenters. The van der Waals surface area contributed by atoms with Crippen LogP contribution < -0.4 is 10.3 Å². The highest BCUT2D eigenvalue weighted by molar-refractivity contribution is 7.13. The van der Waals surface area contributed by atoms with Crippen molar-refractivity contribution in [2.24, 2.45) is 5.10 Å². The van der Waals surface area contributed by atoms with Crippen LogP contribution in [0.15, 0.2) is 34.7 Å². The first-order valence-electron chi connectivity index (χ1n) is 7.38. The third-order valence-corrected chi connectivity index (χ3v) is 4.48. The lowest BCUT2D eigenvalue weighted by Gasteiger charge is -2.29. The highest BCUT2D eigenvalue weighted by Gasteiger charge is 2.13. The smallest absolute Gasteiger partial charge is 0.203 e. The van der Waals surface area contributed by atoms with Crippen LogP contribution in [0, 0.1) is 6.92 Å². The summed E-state index contributed by atoms with van der Waals surface area (Å²) in [4.78, 5) is 6.79. The molecular formula is C16H20N4S. The summed E-state index contributed by atoms with van der Waals surface area (Å²) in [6.07, 6.45) is 5.79. The Bertz CT molecular complexity index is 614. The van der Waals surface area contributed by atoms with Gasteiger partial charge in [0, 0.05) is 29.7 Å². The number of thiazole rings is 1. The van der Waals surface area contributed by atoms with Crippen molar-refractivity contribution in [2.45, 2.75) is 26.2 Å². The molecule has 0 atom stereocenters. The SMILES string of the molecule is Cc1csc(NN=Cc2ccccc2N2CCCCC2)n1. The molecule has 1 fully saturated rings. The summed E-state index contributed by atoms with van der Waals surface area (Å²) >= 11 is 1.57. The van der Waals surface area contributed by atoms with Crippen LogP contribution in [0.4, 0.5) is 10.8 Å². The summed E-state index contributed by atoms with van der Waals surface area (Å²) in [5.41, 5.74) is 6.45. The monoisotopic (exact) mass is 300 g/mol. The summed E-state index contributed by atoms with van der Waals surface area (Å²) in [5, 5.41) is 7.17. The first-order chi connectivity index (χ1) is 10.3. The van der Waals surface area contributed by atoms with Gasteiger partial charge in [-0.25, -0.2) is 4.98 Å². The molecule has 1 aromatic carbocycles. The fourth-order valence-electron chi connectivity index (χ4n) is 2.58. The summed E-state index contributed by atoms with van der Waals surface area (Å²) in [6.45, 7) is 4.27. The van der Waals surface area contributed by atoms with E-state index in [1.54, 1.807) is 11.3 Å². The second-order valence-corrected chi connectivity index (χ2v) is 6.13. The van der Waals surface area contributed by atoms with E-state index in [0.717, 1.165) is 29.5 Å². The molecule has 0 saturated carbocycles. The van der Waals surface area contributed by atoms with E-state index in [0.29, 0.717) is 0 Å². The molecule has 21 heavy (non-hydrogen) atoms. The Kier molecular flexibility index (Phi) is 4.50. The van der Waals surface area contributed by atoms with Gasteiger partial charge in [0.15, 0.2) is 0 Å². The van der Waals surface area contributed by atoms with Crippen LogP contribution in [-0.4, -0.2) is 24.3 Å². The van der Waals surface area contributed by atoms with Gasteiger partial charge in [-0.15, -0.1) is 11.3 Å². The van der Waals surface area contributed by atoms with Gasteiger partial charge >= 0.3 is 0 Å². The average Bonchev–Trinajstić information content (AvgIpc) is 2.94. The van der Waals surface area contributed by atoms with Crippen LogP contribution >= 0.6 is 11.3 Å². The van der Waals surface area contributed by atoms with E-state index in [1.165, 1.54) is 24.9 Å². The topological polar surface area (TPSA) is 40.5 Å². The van der Waals surface area contributed by atoms with Crippen LogP contribution in [-0.2, 0) is 0 Å². The van der Waals surface area contributed by atoms with Crippen molar-refractivity contribution in [1.82, 2.24) is 4.98 Å². The second-order valence-electron chi connectivity index (χ2n) is 5.27. The molecule has 1 aliphatic heterocycles. The largest absolute Gasteiger partial charge is 0.371 e. The molecule has 110 valence electrons. The third-order valence-electron chi connectivity index (χ3n) is 3.62. The molecule has 0 spiro atoms. The van der Waals surface area contributed by atoms with Crippen molar-refractivity contribution in [3.05, 3.63) is 40.9 Å². The Labute approximate surface area is 129 Å². The predicted octanol–water partition coefficient (Wildman–Crippen LogP) is 3.89. The molecule has 3 rings (SSSR count). The van der Waals surface area contributed by atoms with Gasteiger partial charge in [-0.1, -0.05) is 18.2 Å². The highest BCUT2D eigenvalue weighted by atomic mass is 32.1. The van der Waals surface area contributed by atoms with Gasteiger partial charge in [-0.05, 0) is 32.3 Å². The standard InChI is InChI=1S/C16H20N4S/c1-13-12-21-16(18-13)19-17-11-14-7-3-4-8-15(14)20-9-5-2-6-10-20/h3-4,7-8,11-12H,2,5-6,9-10H2,1H3,(H,18,19). The maximum absolute atomic E-state index is 4.34. The van der Waals surface area contributed by atoms with E-state index in [4.69, 9.17) is 0 Å². The number of anilines is 2. The van der Waals surface area contributed by atoms with Crippen LogP contribution in [0.2, 0.25) is 0 Å². The molecule has 1 aromatic heterocycles. The molecule has 2 aromatic rings. The first kappa shape index (κ1) is 14.1. The van der Waals surface area contributed by atoms with Gasteiger partial charge in [0.25, 0.3) is 0 Å². The zero-order valence-corrected chi connectivity index (χ0v) is 13.1. The van der Waals surface area contributed by atoms with Crippen molar-refractivity contribution in [2.75, 3.05) is 23.4 Å². The number of aryl methyl sites for hydroxylation is 1. The minimum Gasteiger partial charge on any atom is -0.371 e. The van der Waals surface area contributed by atoms with E-state index in [1.807, 2.05) is 18.5 Å². The number of nitrogens with one attached hydrogen (secondary N) is 1. The molecule has 2 heterocycles. The maximum atomic E-state index is 4.34. The van der Waals surface area contributed by atoms with E-state index >= 15 is 0 Å².